The van der Waals surface area contributed by atoms with E-state index in [1.165, 1.54) is 0 Å². The van der Waals surface area contributed by atoms with Crippen LogP contribution in [-0.2, 0) is 5.41 Å². The molecule has 230 valence electrons. The summed E-state index contributed by atoms with van der Waals surface area (Å²) in [4.78, 5) is 32.4. The Bertz CT molecular complexity index is 1830. The number of aryl methyl sites for hydroxylation is 1. The van der Waals surface area contributed by atoms with Gasteiger partial charge in [-0.1, -0.05) is 62.7 Å². The van der Waals surface area contributed by atoms with Gasteiger partial charge in [0.05, 0.1) is 22.8 Å². The van der Waals surface area contributed by atoms with Gasteiger partial charge in [0.2, 0.25) is 0 Å². The van der Waals surface area contributed by atoms with Crippen molar-refractivity contribution in [2.75, 3.05) is 23.7 Å². The Kier molecular flexibility index (Phi) is 8.50. The van der Waals surface area contributed by atoms with Crippen LogP contribution >= 0.6 is 0 Å². The summed E-state index contributed by atoms with van der Waals surface area (Å²) < 4.78 is 1.77. The van der Waals surface area contributed by atoms with Crippen molar-refractivity contribution in [2.24, 2.45) is 5.92 Å². The highest BCUT2D eigenvalue weighted by Crippen LogP contribution is 2.38. The van der Waals surface area contributed by atoms with Crippen LogP contribution in [0.3, 0.4) is 0 Å². The molecule has 6 rings (SSSR count). The number of carbonyl (C=O) groups is 2. The van der Waals surface area contributed by atoms with Crippen molar-refractivity contribution < 1.29 is 9.59 Å². The number of fused-ring (bicyclic) bond motifs is 1. The Labute approximate surface area is 264 Å². The fourth-order valence-electron chi connectivity index (χ4n) is 6.07. The van der Waals surface area contributed by atoms with E-state index in [2.05, 4.69) is 41.7 Å². The quantitative estimate of drug-likeness (QED) is 0.167. The van der Waals surface area contributed by atoms with Crippen LogP contribution in [0.1, 0.15) is 66.7 Å². The van der Waals surface area contributed by atoms with Crippen molar-refractivity contribution in [2.45, 2.75) is 51.9 Å². The molecule has 0 aliphatic carbocycles. The summed E-state index contributed by atoms with van der Waals surface area (Å²) in [5.74, 6) is 0.332. The molecule has 8 heteroatoms. The zero-order valence-electron chi connectivity index (χ0n) is 26.3. The van der Waals surface area contributed by atoms with Gasteiger partial charge in [0.25, 0.3) is 0 Å². The molecular weight excluding hydrogens is 560 g/mol. The standard InChI is InChI=1S/C37H40N6O2/c1-24-11-14-28(15-12-24)43-33(23-32(42-43)37(2,3)4)41-36(45)40-31-10-6-5-9-29(31)34(25-17-20-38-21-18-25)35(44)27-13-16-30-26(22-27)8-7-19-39-30/h5-16,19,22-23,25,34,38H,17-18,20-21H2,1-4H3,(H2,40,41,45). The summed E-state index contributed by atoms with van der Waals surface area (Å²) >= 11 is 0. The molecule has 0 spiro atoms. The van der Waals surface area contributed by atoms with Gasteiger partial charge in [-0.25, -0.2) is 9.48 Å². The third-order valence-electron chi connectivity index (χ3n) is 8.57. The van der Waals surface area contributed by atoms with Crippen LogP contribution < -0.4 is 16.0 Å². The molecule has 0 bridgehead atoms. The third-order valence-corrected chi connectivity index (χ3v) is 8.57. The molecule has 3 N–H and O–H groups in total. The number of Topliss-reactive ketones (excluding diaryl/α,β-unsaturated/α-hetero) is 1. The molecule has 1 unspecified atom stereocenters. The van der Waals surface area contributed by atoms with E-state index in [9.17, 15) is 9.59 Å². The van der Waals surface area contributed by atoms with Crippen LogP contribution in [0.25, 0.3) is 16.6 Å². The van der Waals surface area contributed by atoms with E-state index >= 15 is 0 Å². The summed E-state index contributed by atoms with van der Waals surface area (Å²) in [5.41, 5.74) is 5.58. The number of rotatable bonds is 7. The number of hydrogen-bond acceptors (Lipinski definition) is 5. The van der Waals surface area contributed by atoms with Gasteiger partial charge in [0.15, 0.2) is 5.78 Å². The summed E-state index contributed by atoms with van der Waals surface area (Å²) in [6.07, 6.45) is 3.50. The zero-order valence-corrected chi connectivity index (χ0v) is 26.3. The van der Waals surface area contributed by atoms with E-state index in [4.69, 9.17) is 5.10 Å². The first kappa shape index (κ1) is 30.2. The van der Waals surface area contributed by atoms with Crippen molar-refractivity contribution in [3.05, 3.63) is 114 Å². The maximum absolute atomic E-state index is 14.4. The number of carbonyl (C=O) groups excluding carboxylic acids is 2. The number of nitrogens with one attached hydrogen (secondary N) is 3. The fraction of sp³-hybridized carbons (Fsp3) is 0.297. The number of aromatic nitrogens is 3. The molecule has 45 heavy (non-hydrogen) atoms. The van der Waals surface area contributed by atoms with E-state index in [-0.39, 0.29) is 17.1 Å². The second-order valence-electron chi connectivity index (χ2n) is 12.9. The van der Waals surface area contributed by atoms with Gasteiger partial charge in [-0.2, -0.15) is 5.10 Å². The van der Waals surface area contributed by atoms with E-state index < -0.39 is 11.9 Å². The molecule has 1 atom stereocenters. The van der Waals surface area contributed by atoms with Crippen molar-refractivity contribution in [3.63, 3.8) is 0 Å². The number of urea groups is 1. The number of ketones is 1. The maximum Gasteiger partial charge on any atom is 0.324 e. The molecule has 1 fully saturated rings. The van der Waals surface area contributed by atoms with Crippen molar-refractivity contribution in [3.8, 4) is 5.69 Å². The highest BCUT2D eigenvalue weighted by atomic mass is 16.2. The number of nitrogens with zero attached hydrogens (tertiary/aromatic N) is 3. The number of anilines is 2. The molecule has 3 aromatic carbocycles. The average Bonchev–Trinajstić information content (AvgIpc) is 3.47. The van der Waals surface area contributed by atoms with Crippen molar-refractivity contribution in [1.29, 1.82) is 0 Å². The zero-order chi connectivity index (χ0) is 31.6. The van der Waals surface area contributed by atoms with E-state index in [0.717, 1.165) is 59.3 Å². The van der Waals surface area contributed by atoms with Crippen LogP contribution in [0, 0.1) is 12.8 Å². The number of amides is 2. The van der Waals surface area contributed by atoms with Crippen molar-refractivity contribution in [1.82, 2.24) is 20.1 Å². The largest absolute Gasteiger partial charge is 0.324 e. The van der Waals surface area contributed by atoms with Crippen LogP contribution in [-0.4, -0.2) is 39.7 Å². The first-order valence-corrected chi connectivity index (χ1v) is 15.6. The lowest BCUT2D eigenvalue weighted by molar-refractivity contribution is 0.0916. The minimum atomic E-state index is -0.414. The number of pyridine rings is 1. The molecule has 2 aromatic heterocycles. The number of benzene rings is 3. The van der Waals surface area contributed by atoms with Gasteiger partial charge >= 0.3 is 6.03 Å². The number of piperidine rings is 1. The van der Waals surface area contributed by atoms with Gasteiger partial charge in [-0.3, -0.25) is 15.1 Å². The molecule has 2 amide bonds. The molecular formula is C37H40N6O2. The predicted molar refractivity (Wildman–Crippen MR) is 180 cm³/mol. The molecule has 8 nitrogen and oxygen atoms in total. The van der Waals surface area contributed by atoms with Crippen LogP contribution in [0.5, 0.6) is 0 Å². The molecule has 0 radical (unpaired) electrons. The predicted octanol–water partition coefficient (Wildman–Crippen LogP) is 7.64. The Morgan fingerprint density at radius 1 is 0.911 bits per heavy atom. The monoisotopic (exact) mass is 600 g/mol. The molecule has 1 saturated heterocycles. The van der Waals surface area contributed by atoms with Gasteiger partial charge < -0.3 is 10.6 Å². The summed E-state index contributed by atoms with van der Waals surface area (Å²) in [5, 5.41) is 15.3. The molecule has 3 heterocycles. The highest BCUT2D eigenvalue weighted by molar-refractivity contribution is 6.06. The number of para-hydroxylation sites is 1. The lowest BCUT2D eigenvalue weighted by Gasteiger charge is -2.31. The Morgan fingerprint density at radius 2 is 1.67 bits per heavy atom. The van der Waals surface area contributed by atoms with E-state index in [1.807, 2.05) is 91.9 Å². The smallest absolute Gasteiger partial charge is 0.317 e. The first-order chi connectivity index (χ1) is 21.7. The minimum absolute atomic E-state index is 0.0505. The second kappa shape index (κ2) is 12.7. The van der Waals surface area contributed by atoms with Crippen LogP contribution in [0.2, 0.25) is 0 Å². The summed E-state index contributed by atoms with van der Waals surface area (Å²) in [6.45, 7) is 10.0. The third kappa shape index (κ3) is 6.66. The van der Waals surface area contributed by atoms with E-state index in [0.29, 0.717) is 17.1 Å². The normalized spacial score (nSPS) is 14.7. The van der Waals surface area contributed by atoms with Gasteiger partial charge in [0, 0.05) is 34.3 Å². The lowest BCUT2D eigenvalue weighted by Crippen LogP contribution is -2.34. The maximum atomic E-state index is 14.4. The Balaban J connectivity index is 1.32. The Hall–Kier alpha value is -4.82. The van der Waals surface area contributed by atoms with Crippen LogP contribution in [0.4, 0.5) is 16.3 Å². The summed E-state index contributed by atoms with van der Waals surface area (Å²) in [7, 11) is 0. The molecule has 5 aromatic rings. The lowest BCUT2D eigenvalue weighted by atomic mass is 9.75. The van der Waals surface area contributed by atoms with Gasteiger partial charge in [-0.05, 0) is 86.8 Å². The average molecular weight is 601 g/mol. The Morgan fingerprint density at radius 3 is 2.42 bits per heavy atom. The van der Waals surface area contributed by atoms with Crippen LogP contribution in [0.15, 0.2) is 91.1 Å². The summed E-state index contributed by atoms with van der Waals surface area (Å²) in [6, 6.07) is 26.8. The highest BCUT2D eigenvalue weighted by Gasteiger charge is 2.33. The van der Waals surface area contributed by atoms with Gasteiger partial charge in [-0.15, -0.1) is 0 Å². The van der Waals surface area contributed by atoms with E-state index in [1.54, 1.807) is 10.9 Å². The minimum Gasteiger partial charge on any atom is -0.317 e. The molecule has 1 aliphatic heterocycles. The SMILES string of the molecule is Cc1ccc(-n2nc(C(C)(C)C)cc2NC(=O)Nc2ccccc2C(C(=O)c2ccc3ncccc3c2)C2CCNCC2)cc1. The second-order valence-corrected chi connectivity index (χ2v) is 12.9. The fourth-order valence-corrected chi connectivity index (χ4v) is 6.07. The van der Waals surface area contributed by atoms with Crippen molar-refractivity contribution >= 4 is 34.2 Å². The number of hydrogen-bond donors (Lipinski definition) is 3. The molecule has 0 saturated carbocycles. The van der Waals surface area contributed by atoms with Gasteiger partial charge in [0.1, 0.15) is 5.82 Å². The topological polar surface area (TPSA) is 101 Å². The molecule has 1 aliphatic rings. The first-order valence-electron chi connectivity index (χ1n) is 15.6.